The summed E-state index contributed by atoms with van der Waals surface area (Å²) < 4.78 is 1.89. The maximum atomic E-state index is 11.5. The molecular weight excluding hydrogens is 266 g/mol. The van der Waals surface area contributed by atoms with E-state index >= 15 is 0 Å². The van der Waals surface area contributed by atoms with E-state index in [1.165, 1.54) is 0 Å². The average Bonchev–Trinajstić information content (AvgIpc) is 2.66. The third kappa shape index (κ3) is 2.37. The number of carbonyl (C=O) groups is 1. The lowest BCUT2D eigenvalue weighted by Gasteiger charge is -2.37. The van der Waals surface area contributed by atoms with Crippen molar-refractivity contribution in [3.05, 3.63) is 16.4 Å². The van der Waals surface area contributed by atoms with Gasteiger partial charge >= 0.3 is 5.97 Å². The van der Waals surface area contributed by atoms with Crippen molar-refractivity contribution < 1.29 is 9.90 Å². The molecule has 2 N–H and O–H groups in total. The maximum absolute atomic E-state index is 11.5. The number of rotatable bonds is 3. The molecule has 0 amide bonds. The van der Waals surface area contributed by atoms with E-state index in [-0.39, 0.29) is 6.04 Å². The molecule has 1 aliphatic rings. The second-order valence-electron chi connectivity index (χ2n) is 5.32. The van der Waals surface area contributed by atoms with Gasteiger partial charge in [0.25, 0.3) is 0 Å². The van der Waals surface area contributed by atoms with Crippen LogP contribution in [-0.4, -0.2) is 33.4 Å². The monoisotopic (exact) mass is 285 g/mol. The summed E-state index contributed by atoms with van der Waals surface area (Å²) in [6.45, 7) is 3.80. The molecule has 106 valence electrons. The normalized spacial score (nSPS) is 27.5. The Morgan fingerprint density at radius 1 is 1.58 bits per heavy atom. The van der Waals surface area contributed by atoms with E-state index in [0.29, 0.717) is 17.9 Å². The number of carboxylic acid groups (broad SMARTS) is 1. The maximum Gasteiger partial charge on any atom is 0.323 e. The van der Waals surface area contributed by atoms with Crippen LogP contribution in [0.1, 0.15) is 43.1 Å². The molecule has 19 heavy (non-hydrogen) atoms. The molecule has 5 nitrogen and oxygen atoms in total. The summed E-state index contributed by atoms with van der Waals surface area (Å²) in [5.41, 5.74) is 0.874. The minimum absolute atomic E-state index is 0.0866. The molecule has 1 fully saturated rings. The van der Waals surface area contributed by atoms with Crippen LogP contribution in [0.4, 0.5) is 0 Å². The number of halogens is 1. The van der Waals surface area contributed by atoms with Crippen molar-refractivity contribution in [2.24, 2.45) is 0 Å². The van der Waals surface area contributed by atoms with Crippen molar-refractivity contribution in [2.45, 2.75) is 51.1 Å². The Balaban J connectivity index is 2.31. The summed E-state index contributed by atoms with van der Waals surface area (Å²) in [5, 5.41) is 17.6. The summed E-state index contributed by atoms with van der Waals surface area (Å²) in [6.07, 6.45) is 3.00. The first kappa shape index (κ1) is 14.3. The van der Waals surface area contributed by atoms with Gasteiger partial charge in [0.1, 0.15) is 5.54 Å². The molecule has 1 saturated carbocycles. The van der Waals surface area contributed by atoms with E-state index in [4.69, 9.17) is 11.6 Å². The largest absolute Gasteiger partial charge is 0.480 e. The van der Waals surface area contributed by atoms with E-state index in [9.17, 15) is 9.90 Å². The summed E-state index contributed by atoms with van der Waals surface area (Å²) in [4.78, 5) is 11.5. The second kappa shape index (κ2) is 5.13. The molecule has 0 spiro atoms. The zero-order chi connectivity index (χ0) is 14.2. The molecule has 1 aromatic rings. The molecule has 0 bridgehead atoms. The number of hydrogen-bond donors (Lipinski definition) is 2. The van der Waals surface area contributed by atoms with Crippen LogP contribution in [0.25, 0.3) is 0 Å². The van der Waals surface area contributed by atoms with Gasteiger partial charge < -0.3 is 10.4 Å². The first-order valence-corrected chi connectivity index (χ1v) is 6.92. The molecule has 1 aromatic heterocycles. The average molecular weight is 286 g/mol. The van der Waals surface area contributed by atoms with Gasteiger partial charge in [-0.1, -0.05) is 11.6 Å². The molecule has 1 aliphatic carbocycles. The summed E-state index contributed by atoms with van der Waals surface area (Å²) in [7, 11) is 1.71. The number of aliphatic carboxylic acids is 1. The van der Waals surface area contributed by atoms with Crippen LogP contribution in [0, 0.1) is 13.8 Å². The number of nitrogens with one attached hydrogen (secondary N) is 1. The highest BCUT2D eigenvalue weighted by Gasteiger charge is 2.42. The molecule has 1 heterocycles. The van der Waals surface area contributed by atoms with Crippen molar-refractivity contribution in [1.82, 2.24) is 15.1 Å². The quantitative estimate of drug-likeness (QED) is 0.894. The molecule has 0 aromatic carbocycles. The van der Waals surface area contributed by atoms with Crippen LogP contribution in [0.2, 0.25) is 5.02 Å². The van der Waals surface area contributed by atoms with Crippen molar-refractivity contribution in [3.8, 4) is 0 Å². The highest BCUT2D eigenvalue weighted by atomic mass is 35.5. The predicted octanol–water partition coefficient (Wildman–Crippen LogP) is 2.31. The standard InChI is InChI=1S/C13H20ClN3O2/c1-8-11(14)9(2)17(16-8)10-5-4-6-13(7-10,15-3)12(18)19/h10,15H,4-7H2,1-3H3,(H,18,19). The van der Waals surface area contributed by atoms with Crippen molar-refractivity contribution in [3.63, 3.8) is 0 Å². The molecule has 0 saturated heterocycles. The van der Waals surface area contributed by atoms with Gasteiger partial charge in [-0.25, -0.2) is 0 Å². The number of carboxylic acids is 1. The van der Waals surface area contributed by atoms with Gasteiger partial charge in [0.05, 0.1) is 22.5 Å². The van der Waals surface area contributed by atoms with E-state index < -0.39 is 11.5 Å². The number of hydrogen-bond acceptors (Lipinski definition) is 3. The van der Waals surface area contributed by atoms with Crippen LogP contribution < -0.4 is 5.32 Å². The Labute approximate surface area is 117 Å². The van der Waals surface area contributed by atoms with Gasteiger partial charge in [0.2, 0.25) is 0 Å². The molecule has 0 aliphatic heterocycles. The van der Waals surface area contributed by atoms with Crippen molar-refractivity contribution in [2.75, 3.05) is 7.05 Å². The number of aryl methyl sites for hydroxylation is 1. The van der Waals surface area contributed by atoms with Gasteiger partial charge in [-0.2, -0.15) is 5.10 Å². The second-order valence-corrected chi connectivity index (χ2v) is 5.69. The molecule has 6 heteroatoms. The van der Waals surface area contributed by atoms with Crippen LogP contribution >= 0.6 is 11.6 Å². The van der Waals surface area contributed by atoms with Crippen molar-refractivity contribution in [1.29, 1.82) is 0 Å². The minimum atomic E-state index is -0.846. The SMILES string of the molecule is CNC1(C(=O)O)CCCC(n2nc(C)c(Cl)c2C)C1. The molecular formula is C13H20ClN3O2. The minimum Gasteiger partial charge on any atom is -0.480 e. The molecule has 2 unspecified atom stereocenters. The Morgan fingerprint density at radius 2 is 2.26 bits per heavy atom. The molecule has 0 radical (unpaired) electrons. The number of likely N-dealkylation sites (N-methyl/N-ethyl adjacent to an activating group) is 1. The Morgan fingerprint density at radius 3 is 2.74 bits per heavy atom. The first-order chi connectivity index (χ1) is 8.91. The van der Waals surface area contributed by atoms with E-state index in [1.54, 1.807) is 7.05 Å². The van der Waals surface area contributed by atoms with Crippen LogP contribution in [-0.2, 0) is 4.79 Å². The lowest BCUT2D eigenvalue weighted by Crippen LogP contribution is -2.53. The van der Waals surface area contributed by atoms with Gasteiger partial charge in [-0.05, 0) is 46.6 Å². The molecule has 2 atom stereocenters. The Kier molecular flexibility index (Phi) is 3.87. The Hall–Kier alpha value is -1.07. The van der Waals surface area contributed by atoms with Crippen LogP contribution in [0.3, 0.4) is 0 Å². The summed E-state index contributed by atoms with van der Waals surface area (Å²) >= 11 is 6.17. The lowest BCUT2D eigenvalue weighted by atomic mass is 9.79. The first-order valence-electron chi connectivity index (χ1n) is 6.55. The summed E-state index contributed by atoms with van der Waals surface area (Å²) in [6, 6.07) is 0.0866. The number of aromatic nitrogens is 2. The molecule has 2 rings (SSSR count). The van der Waals surface area contributed by atoms with E-state index in [0.717, 1.165) is 24.2 Å². The topological polar surface area (TPSA) is 67.2 Å². The predicted molar refractivity (Wildman–Crippen MR) is 73.6 cm³/mol. The zero-order valence-corrected chi connectivity index (χ0v) is 12.3. The lowest BCUT2D eigenvalue weighted by molar-refractivity contribution is -0.146. The fourth-order valence-corrected chi connectivity index (χ4v) is 3.11. The van der Waals surface area contributed by atoms with Crippen molar-refractivity contribution >= 4 is 17.6 Å². The smallest absolute Gasteiger partial charge is 0.323 e. The summed E-state index contributed by atoms with van der Waals surface area (Å²) in [5.74, 6) is -0.785. The van der Waals surface area contributed by atoms with Crippen LogP contribution in [0.15, 0.2) is 0 Å². The van der Waals surface area contributed by atoms with Crippen LogP contribution in [0.5, 0.6) is 0 Å². The fraction of sp³-hybridized carbons (Fsp3) is 0.692. The third-order valence-electron chi connectivity index (χ3n) is 4.20. The van der Waals surface area contributed by atoms with E-state index in [2.05, 4.69) is 10.4 Å². The van der Waals surface area contributed by atoms with Gasteiger partial charge in [0.15, 0.2) is 0 Å². The van der Waals surface area contributed by atoms with Gasteiger partial charge in [-0.3, -0.25) is 9.48 Å². The van der Waals surface area contributed by atoms with E-state index in [1.807, 2.05) is 18.5 Å². The highest BCUT2D eigenvalue weighted by Crippen LogP contribution is 2.37. The van der Waals surface area contributed by atoms with Gasteiger partial charge in [0, 0.05) is 0 Å². The third-order valence-corrected chi connectivity index (χ3v) is 4.74. The highest BCUT2D eigenvalue weighted by molar-refractivity contribution is 6.31. The Bertz CT molecular complexity index is 500. The van der Waals surface area contributed by atoms with Gasteiger partial charge in [-0.15, -0.1) is 0 Å². The number of nitrogens with zero attached hydrogens (tertiary/aromatic N) is 2. The zero-order valence-electron chi connectivity index (χ0n) is 11.5. The fourth-order valence-electron chi connectivity index (χ4n) is 2.98.